The minimum Gasteiger partial charge on any atom is -0.488 e. The third-order valence-corrected chi connectivity index (χ3v) is 7.81. The number of likely N-dealkylation sites (N-methyl/N-ethyl adjacent to an activating group) is 1. The molecule has 0 bridgehead atoms. The van der Waals surface area contributed by atoms with Gasteiger partial charge >= 0.3 is 0 Å². The highest BCUT2D eigenvalue weighted by Crippen LogP contribution is 2.32. The molecule has 4 rings (SSSR count). The van der Waals surface area contributed by atoms with E-state index in [4.69, 9.17) is 10.5 Å². The maximum atomic E-state index is 13.8. The topological polar surface area (TPSA) is 145 Å². The summed E-state index contributed by atoms with van der Waals surface area (Å²) < 4.78 is 20.0. The van der Waals surface area contributed by atoms with Crippen molar-refractivity contribution < 1.29 is 18.7 Å². The lowest BCUT2D eigenvalue weighted by Crippen LogP contribution is -2.62. The molecule has 3 aliphatic rings. The van der Waals surface area contributed by atoms with Crippen LogP contribution in [0.25, 0.3) is 0 Å². The Balaban J connectivity index is 1.36. The van der Waals surface area contributed by atoms with Gasteiger partial charge < -0.3 is 25.6 Å². The molecule has 210 valence electrons. The summed E-state index contributed by atoms with van der Waals surface area (Å²) in [5.74, 6) is -0.911. The van der Waals surface area contributed by atoms with E-state index in [1.54, 1.807) is 24.2 Å². The van der Waals surface area contributed by atoms with Crippen LogP contribution in [0.3, 0.4) is 0 Å². The predicted octanol–water partition coefficient (Wildman–Crippen LogP) is 0.598. The highest BCUT2D eigenvalue weighted by Gasteiger charge is 2.40. The number of piperazine rings is 1. The molecule has 12 nitrogen and oxygen atoms in total. The second-order valence-electron chi connectivity index (χ2n) is 10.6. The number of nitrogens with zero attached hydrogens (tertiary/aromatic N) is 5. The molecule has 2 aliphatic heterocycles. The Bertz CT molecular complexity index is 970. The average molecular weight is 535 g/mol. The van der Waals surface area contributed by atoms with Crippen LogP contribution < -0.4 is 21.1 Å². The number of hydrogen-bond acceptors (Lipinski definition) is 10. The van der Waals surface area contributed by atoms with Crippen molar-refractivity contribution >= 4 is 17.5 Å². The quantitative estimate of drug-likeness (QED) is 0.408. The summed E-state index contributed by atoms with van der Waals surface area (Å²) in [6, 6.07) is 1.67. The Labute approximate surface area is 222 Å². The standard InChI is InChI=1S/C25H39FN8O4/c1-32-9-11-34(12-10-32)25(36)16-3-5-18(6-4-16)38-20-7-8-28-14-19(20)30-24(35)21(22(27)31-37)23-29-13-17(26)15-33(23)2/h7-8,14,16-18,21-23,29H,3-6,9-13,15,27H2,1-2H3,(H,30,35). The van der Waals surface area contributed by atoms with E-state index in [1.807, 2.05) is 4.90 Å². The normalized spacial score (nSPS) is 28.8. The number of rotatable bonds is 8. The first-order valence-electron chi connectivity index (χ1n) is 13.3. The van der Waals surface area contributed by atoms with Crippen LogP contribution in [0.5, 0.6) is 5.75 Å². The Morgan fingerprint density at radius 1 is 1.21 bits per heavy atom. The molecular formula is C25H39FN8O4. The van der Waals surface area contributed by atoms with Crippen molar-refractivity contribution in [3.05, 3.63) is 23.4 Å². The summed E-state index contributed by atoms with van der Waals surface area (Å²) in [5, 5.41) is 8.62. The van der Waals surface area contributed by atoms with Crippen molar-refractivity contribution in [2.45, 2.75) is 50.3 Å². The number of nitrogens with one attached hydrogen (secondary N) is 2. The second kappa shape index (κ2) is 12.9. The zero-order chi connectivity index (χ0) is 27.2. The number of carbonyl (C=O) groups is 2. The molecule has 1 aliphatic carbocycles. The van der Waals surface area contributed by atoms with Gasteiger partial charge in [0.2, 0.25) is 11.8 Å². The van der Waals surface area contributed by atoms with Crippen LogP contribution >= 0.6 is 0 Å². The van der Waals surface area contributed by atoms with Crippen LogP contribution in [-0.2, 0) is 9.59 Å². The zero-order valence-electron chi connectivity index (χ0n) is 22.1. The number of carbonyl (C=O) groups excluding carboxylic acids is 2. The van der Waals surface area contributed by atoms with Crippen molar-refractivity contribution in [1.82, 2.24) is 25.0 Å². The van der Waals surface area contributed by atoms with E-state index in [0.717, 1.165) is 51.9 Å². The Kier molecular flexibility index (Phi) is 9.58. The monoisotopic (exact) mass is 534 g/mol. The highest BCUT2D eigenvalue weighted by molar-refractivity contribution is 5.94. The van der Waals surface area contributed by atoms with Crippen molar-refractivity contribution in [2.24, 2.45) is 22.7 Å². The first kappa shape index (κ1) is 28.3. The molecule has 1 saturated carbocycles. The van der Waals surface area contributed by atoms with Crippen molar-refractivity contribution in [1.29, 1.82) is 0 Å². The minimum atomic E-state index is -1.33. The van der Waals surface area contributed by atoms with Crippen LogP contribution in [-0.4, -0.2) is 109 Å². The van der Waals surface area contributed by atoms with Gasteiger partial charge in [0, 0.05) is 57.4 Å². The van der Waals surface area contributed by atoms with Crippen LogP contribution in [0.15, 0.2) is 23.6 Å². The number of halogens is 1. The largest absolute Gasteiger partial charge is 0.488 e. The van der Waals surface area contributed by atoms with Gasteiger partial charge in [0.25, 0.3) is 0 Å². The summed E-state index contributed by atoms with van der Waals surface area (Å²) in [4.78, 5) is 47.5. The van der Waals surface area contributed by atoms with Gasteiger partial charge in [0.05, 0.1) is 18.5 Å². The molecule has 4 unspecified atom stereocenters. The number of nitroso groups, excluding NO2 is 1. The Morgan fingerprint density at radius 2 is 1.92 bits per heavy atom. The van der Waals surface area contributed by atoms with Gasteiger partial charge in [0.15, 0.2) is 6.17 Å². The van der Waals surface area contributed by atoms with Gasteiger partial charge in [-0.2, -0.15) is 0 Å². The number of ether oxygens (including phenoxy) is 1. The van der Waals surface area contributed by atoms with E-state index >= 15 is 0 Å². The zero-order valence-corrected chi connectivity index (χ0v) is 22.1. The molecule has 2 saturated heterocycles. The van der Waals surface area contributed by atoms with Gasteiger partial charge in [-0.1, -0.05) is 5.18 Å². The Morgan fingerprint density at radius 3 is 2.58 bits per heavy atom. The van der Waals surface area contributed by atoms with Crippen molar-refractivity contribution in [3.8, 4) is 5.75 Å². The summed E-state index contributed by atoms with van der Waals surface area (Å²) in [6.07, 6.45) is 2.80. The van der Waals surface area contributed by atoms with Crippen LogP contribution in [0.1, 0.15) is 25.7 Å². The summed E-state index contributed by atoms with van der Waals surface area (Å²) >= 11 is 0. The first-order valence-corrected chi connectivity index (χ1v) is 13.3. The van der Waals surface area contributed by atoms with E-state index in [1.165, 1.54) is 6.20 Å². The smallest absolute Gasteiger partial charge is 0.234 e. The number of nitrogens with two attached hydrogens (primary N) is 1. The molecule has 3 heterocycles. The molecule has 1 aromatic heterocycles. The first-order chi connectivity index (χ1) is 18.3. The SMILES string of the molecule is CN1CCN(C(=O)C2CCC(Oc3ccncc3NC(=O)C(C(N)N=O)C3NCC(F)CN3C)CC2)CC1. The highest BCUT2D eigenvalue weighted by atomic mass is 19.1. The predicted molar refractivity (Wildman–Crippen MR) is 140 cm³/mol. The number of aromatic nitrogens is 1. The lowest BCUT2D eigenvalue weighted by atomic mass is 9.86. The third-order valence-electron chi connectivity index (χ3n) is 7.81. The third kappa shape index (κ3) is 6.82. The fourth-order valence-electron chi connectivity index (χ4n) is 5.53. The number of alkyl halides is 1. The minimum absolute atomic E-state index is 0.0110. The fourth-order valence-corrected chi connectivity index (χ4v) is 5.53. The van der Waals surface area contributed by atoms with E-state index in [2.05, 4.69) is 32.7 Å². The van der Waals surface area contributed by atoms with E-state index in [-0.39, 0.29) is 31.0 Å². The van der Waals surface area contributed by atoms with Crippen LogP contribution in [0.2, 0.25) is 0 Å². The maximum Gasteiger partial charge on any atom is 0.234 e. The summed E-state index contributed by atoms with van der Waals surface area (Å²) in [5.41, 5.74) is 6.25. The van der Waals surface area contributed by atoms with E-state index in [9.17, 15) is 18.9 Å². The fraction of sp³-hybridized carbons (Fsp3) is 0.720. The van der Waals surface area contributed by atoms with Gasteiger partial charge in [-0.3, -0.25) is 24.8 Å². The van der Waals surface area contributed by atoms with Crippen LogP contribution in [0, 0.1) is 16.7 Å². The molecule has 0 radical (unpaired) electrons. The second-order valence-corrected chi connectivity index (χ2v) is 10.6. The van der Waals surface area contributed by atoms with Crippen LogP contribution in [0.4, 0.5) is 10.1 Å². The number of amides is 2. The summed E-state index contributed by atoms with van der Waals surface area (Å²) in [6.45, 7) is 3.50. The summed E-state index contributed by atoms with van der Waals surface area (Å²) in [7, 11) is 3.73. The molecule has 4 atom stereocenters. The van der Waals surface area contributed by atoms with Gasteiger partial charge in [-0.15, -0.1) is 4.91 Å². The molecule has 0 aromatic carbocycles. The van der Waals surface area contributed by atoms with Crippen molar-refractivity contribution in [3.63, 3.8) is 0 Å². The number of anilines is 1. The van der Waals surface area contributed by atoms with Gasteiger partial charge in [-0.05, 0) is 39.8 Å². The molecule has 3 fully saturated rings. The van der Waals surface area contributed by atoms with E-state index < -0.39 is 30.3 Å². The maximum absolute atomic E-state index is 13.8. The number of hydrogen-bond donors (Lipinski definition) is 3. The molecular weight excluding hydrogens is 495 g/mol. The van der Waals surface area contributed by atoms with Gasteiger partial charge in [0.1, 0.15) is 23.5 Å². The Hall–Kier alpha value is -2.74. The molecule has 38 heavy (non-hydrogen) atoms. The van der Waals surface area contributed by atoms with Crippen molar-refractivity contribution in [2.75, 3.05) is 58.7 Å². The van der Waals surface area contributed by atoms with E-state index in [0.29, 0.717) is 11.4 Å². The molecule has 2 amide bonds. The lowest BCUT2D eigenvalue weighted by Gasteiger charge is -2.39. The van der Waals surface area contributed by atoms with Gasteiger partial charge in [-0.25, -0.2) is 4.39 Å². The lowest BCUT2D eigenvalue weighted by molar-refractivity contribution is -0.138. The average Bonchev–Trinajstić information content (AvgIpc) is 2.91. The molecule has 1 aromatic rings. The molecule has 4 N–H and O–H groups in total. The number of pyridine rings is 1. The molecule has 0 spiro atoms. The molecule has 13 heteroatoms.